The van der Waals surface area contributed by atoms with Crippen LogP contribution < -0.4 is 5.11 Å². The molecule has 0 fully saturated rings. The van der Waals surface area contributed by atoms with E-state index in [1.165, 1.54) is 0 Å². The summed E-state index contributed by atoms with van der Waals surface area (Å²) in [7, 11) is 0. The molecule has 0 amide bonds. The maximum Gasteiger partial charge on any atom is 0.0442 e. The fraction of sp³-hybridized carbons (Fsp3) is 0.833. The second kappa shape index (κ2) is 3.47. The van der Waals surface area contributed by atoms with Crippen LogP contribution in [0.15, 0.2) is 0 Å². The molecule has 0 aromatic heterocycles. The zero-order valence-electron chi connectivity index (χ0n) is 5.31. The van der Waals surface area contributed by atoms with Crippen LogP contribution in [0.25, 0.3) is 0 Å². The van der Waals surface area contributed by atoms with E-state index in [0.29, 0.717) is 0 Å². The molecule has 0 radical (unpaired) electrons. The minimum atomic E-state index is -0.938. The van der Waals surface area contributed by atoms with Gasteiger partial charge in [0.2, 0.25) is 0 Å². The summed E-state index contributed by atoms with van der Waals surface area (Å²) in [6.45, 7) is 3.62. The van der Waals surface area contributed by atoms with Crippen molar-refractivity contribution in [3.8, 4) is 0 Å². The summed E-state index contributed by atoms with van der Waals surface area (Å²) in [5.74, 6) is -1.22. The fourth-order valence-electron chi connectivity index (χ4n) is 0.551. The number of carboxylic acid groups (broad SMARTS) is 1. The van der Waals surface area contributed by atoms with Crippen LogP contribution in [0.2, 0.25) is 0 Å². The molecule has 0 heterocycles. The highest BCUT2D eigenvalue weighted by atomic mass is 16.4. The third-order valence-corrected chi connectivity index (χ3v) is 1.12. The van der Waals surface area contributed by atoms with Crippen molar-refractivity contribution >= 4 is 5.97 Å². The predicted molar refractivity (Wildman–Crippen MR) is 29.1 cm³/mol. The Bertz CT molecular complexity index is 78.6. The number of carbonyl (C=O) groups excluding carboxylic acids is 1. The van der Waals surface area contributed by atoms with Gasteiger partial charge in [0, 0.05) is 5.97 Å². The highest BCUT2D eigenvalue weighted by Gasteiger charge is 1.97. The number of hydrogen-bond donors (Lipinski definition) is 0. The standard InChI is InChI=1S/C6H12O2/c1-3-4-5(2)6(7)8/h5H,3-4H2,1-2H3,(H,7,8)/p-1/t5-/m1/s1. The van der Waals surface area contributed by atoms with Crippen LogP contribution in [0.5, 0.6) is 0 Å². The summed E-state index contributed by atoms with van der Waals surface area (Å²) < 4.78 is 0. The summed E-state index contributed by atoms with van der Waals surface area (Å²) in [4.78, 5) is 9.98. The summed E-state index contributed by atoms with van der Waals surface area (Å²) in [5, 5.41) is 9.98. The molecule has 0 saturated heterocycles. The second-order valence-electron chi connectivity index (χ2n) is 2.01. The molecule has 48 valence electrons. The first-order chi connectivity index (χ1) is 3.68. The largest absolute Gasteiger partial charge is 0.550 e. The molecule has 2 heteroatoms. The summed E-state index contributed by atoms with van der Waals surface area (Å²) in [6, 6.07) is 0. The summed E-state index contributed by atoms with van der Waals surface area (Å²) in [6.07, 6.45) is 1.64. The molecule has 0 aliphatic heterocycles. The van der Waals surface area contributed by atoms with Crippen molar-refractivity contribution < 1.29 is 9.90 Å². The minimum absolute atomic E-state index is 0.278. The van der Waals surface area contributed by atoms with Crippen LogP contribution in [-0.4, -0.2) is 5.97 Å². The van der Waals surface area contributed by atoms with Crippen LogP contribution in [-0.2, 0) is 4.79 Å². The Balaban J connectivity index is 3.32. The molecule has 0 N–H and O–H groups in total. The lowest BCUT2D eigenvalue weighted by molar-refractivity contribution is -0.311. The van der Waals surface area contributed by atoms with E-state index in [0.717, 1.165) is 12.8 Å². The predicted octanol–water partition coefficient (Wildman–Crippen LogP) is 0.172. The lowest BCUT2D eigenvalue weighted by Gasteiger charge is -2.08. The van der Waals surface area contributed by atoms with E-state index < -0.39 is 5.97 Å². The number of carbonyl (C=O) groups is 1. The molecule has 0 aliphatic rings. The quantitative estimate of drug-likeness (QED) is 0.526. The molecule has 0 aromatic carbocycles. The Morgan fingerprint density at radius 3 is 2.38 bits per heavy atom. The molecule has 2 nitrogen and oxygen atoms in total. The number of hydrogen-bond acceptors (Lipinski definition) is 2. The van der Waals surface area contributed by atoms with Crippen molar-refractivity contribution in [3.05, 3.63) is 0 Å². The van der Waals surface area contributed by atoms with Crippen LogP contribution in [0, 0.1) is 5.92 Å². The lowest BCUT2D eigenvalue weighted by atomic mass is 10.1. The molecule has 0 saturated carbocycles. The zero-order chi connectivity index (χ0) is 6.57. The first kappa shape index (κ1) is 7.47. The van der Waals surface area contributed by atoms with Crippen molar-refractivity contribution in [2.24, 2.45) is 5.92 Å². The van der Waals surface area contributed by atoms with Gasteiger partial charge in [-0.05, 0) is 12.3 Å². The van der Waals surface area contributed by atoms with Gasteiger partial charge in [-0.25, -0.2) is 0 Å². The molecule has 0 unspecified atom stereocenters. The van der Waals surface area contributed by atoms with E-state index in [-0.39, 0.29) is 5.92 Å². The third kappa shape index (κ3) is 2.61. The van der Waals surface area contributed by atoms with Crippen LogP contribution in [0.3, 0.4) is 0 Å². The van der Waals surface area contributed by atoms with Gasteiger partial charge < -0.3 is 9.90 Å². The average molecular weight is 115 g/mol. The normalized spacial score (nSPS) is 13.2. The Morgan fingerprint density at radius 2 is 2.25 bits per heavy atom. The van der Waals surface area contributed by atoms with Crippen molar-refractivity contribution in [2.75, 3.05) is 0 Å². The fourth-order valence-corrected chi connectivity index (χ4v) is 0.551. The molecule has 8 heavy (non-hydrogen) atoms. The molecule has 0 aromatic rings. The molecule has 1 atom stereocenters. The van der Waals surface area contributed by atoms with Crippen LogP contribution >= 0.6 is 0 Å². The van der Waals surface area contributed by atoms with E-state index in [1.54, 1.807) is 6.92 Å². The molecule has 0 spiro atoms. The minimum Gasteiger partial charge on any atom is -0.550 e. The van der Waals surface area contributed by atoms with Gasteiger partial charge in [0.25, 0.3) is 0 Å². The van der Waals surface area contributed by atoms with E-state index in [4.69, 9.17) is 0 Å². The SMILES string of the molecule is CCC[C@@H](C)C(=O)[O-]. The average Bonchev–Trinajstić information content (AvgIpc) is 1.67. The zero-order valence-corrected chi connectivity index (χ0v) is 5.31. The molecule has 0 aliphatic carbocycles. The lowest BCUT2D eigenvalue weighted by Crippen LogP contribution is -2.29. The summed E-state index contributed by atoms with van der Waals surface area (Å²) >= 11 is 0. The van der Waals surface area contributed by atoms with Crippen LogP contribution in [0.1, 0.15) is 26.7 Å². The van der Waals surface area contributed by atoms with Gasteiger partial charge >= 0.3 is 0 Å². The van der Waals surface area contributed by atoms with Gasteiger partial charge in [-0.3, -0.25) is 0 Å². The van der Waals surface area contributed by atoms with Gasteiger partial charge in [-0.15, -0.1) is 0 Å². The van der Waals surface area contributed by atoms with Gasteiger partial charge in [0.05, 0.1) is 0 Å². The Hall–Kier alpha value is -0.530. The topological polar surface area (TPSA) is 40.1 Å². The van der Waals surface area contributed by atoms with Gasteiger partial charge in [0.15, 0.2) is 0 Å². The first-order valence-electron chi connectivity index (χ1n) is 2.89. The van der Waals surface area contributed by atoms with E-state index in [1.807, 2.05) is 6.92 Å². The van der Waals surface area contributed by atoms with Gasteiger partial charge in [-0.2, -0.15) is 0 Å². The molecule has 0 bridgehead atoms. The highest BCUT2D eigenvalue weighted by molar-refractivity contribution is 5.66. The molecule has 0 rings (SSSR count). The van der Waals surface area contributed by atoms with E-state index in [2.05, 4.69) is 0 Å². The third-order valence-electron chi connectivity index (χ3n) is 1.12. The maximum atomic E-state index is 9.98. The monoisotopic (exact) mass is 115 g/mol. The van der Waals surface area contributed by atoms with Crippen molar-refractivity contribution in [1.82, 2.24) is 0 Å². The number of carboxylic acids is 1. The number of rotatable bonds is 3. The Labute approximate surface area is 49.5 Å². The van der Waals surface area contributed by atoms with Crippen molar-refractivity contribution in [2.45, 2.75) is 26.7 Å². The maximum absolute atomic E-state index is 9.98. The van der Waals surface area contributed by atoms with Crippen molar-refractivity contribution in [1.29, 1.82) is 0 Å². The Morgan fingerprint density at radius 1 is 1.75 bits per heavy atom. The van der Waals surface area contributed by atoms with Crippen LogP contribution in [0.4, 0.5) is 0 Å². The first-order valence-corrected chi connectivity index (χ1v) is 2.89. The van der Waals surface area contributed by atoms with Gasteiger partial charge in [-0.1, -0.05) is 20.3 Å². The second-order valence-corrected chi connectivity index (χ2v) is 2.01. The molecular weight excluding hydrogens is 104 g/mol. The van der Waals surface area contributed by atoms with E-state index in [9.17, 15) is 9.90 Å². The van der Waals surface area contributed by atoms with Gasteiger partial charge in [0.1, 0.15) is 0 Å². The van der Waals surface area contributed by atoms with Crippen molar-refractivity contribution in [3.63, 3.8) is 0 Å². The smallest absolute Gasteiger partial charge is 0.0442 e. The summed E-state index contributed by atoms with van der Waals surface area (Å²) in [5.41, 5.74) is 0. The van der Waals surface area contributed by atoms with E-state index >= 15 is 0 Å². The molecular formula is C6H11O2-. The number of aliphatic carboxylic acids is 1. The Kier molecular flexibility index (Phi) is 3.24. The highest BCUT2D eigenvalue weighted by Crippen LogP contribution is 2.01.